The topological polar surface area (TPSA) is 47.8 Å². The fraction of sp³-hybridized carbons (Fsp3) is 0.850. The molecular formula is C20H37N5O. The standard InChI is InChI=1S/C20H37N5O/c1-18(2)23-12-5-19(6-13-23)25-15-14-22(17-20(25)7-16-26)9-4-11-24-10-3-8-21-24/h3,8,10,18-20,26H,4-7,9,11-17H2,1-2H3/t20-/m1/s1. The molecule has 2 saturated heterocycles. The van der Waals surface area contributed by atoms with Crippen LogP contribution in [0.1, 0.15) is 39.5 Å². The van der Waals surface area contributed by atoms with Gasteiger partial charge < -0.3 is 14.9 Å². The highest BCUT2D eigenvalue weighted by Gasteiger charge is 2.33. The molecule has 1 atom stereocenters. The number of nitrogens with zero attached hydrogens (tertiary/aromatic N) is 5. The van der Waals surface area contributed by atoms with Crippen LogP contribution in [0.4, 0.5) is 0 Å². The van der Waals surface area contributed by atoms with Crippen LogP contribution in [0.3, 0.4) is 0 Å². The third-order valence-corrected chi connectivity index (χ3v) is 6.19. The number of hydrogen-bond acceptors (Lipinski definition) is 5. The lowest BCUT2D eigenvalue weighted by Crippen LogP contribution is -2.59. The molecule has 1 aromatic heterocycles. The molecule has 148 valence electrons. The van der Waals surface area contributed by atoms with Crippen molar-refractivity contribution in [2.24, 2.45) is 0 Å². The first-order chi connectivity index (χ1) is 12.7. The van der Waals surface area contributed by atoms with E-state index in [1.54, 1.807) is 0 Å². The van der Waals surface area contributed by atoms with Crippen LogP contribution in [-0.2, 0) is 6.54 Å². The van der Waals surface area contributed by atoms with Gasteiger partial charge in [0.25, 0.3) is 0 Å². The predicted molar refractivity (Wildman–Crippen MR) is 105 cm³/mol. The molecule has 0 aliphatic carbocycles. The number of aliphatic hydroxyl groups excluding tert-OH is 1. The summed E-state index contributed by atoms with van der Waals surface area (Å²) in [5.41, 5.74) is 0. The summed E-state index contributed by atoms with van der Waals surface area (Å²) in [6, 6.07) is 3.86. The van der Waals surface area contributed by atoms with Crippen molar-refractivity contribution in [2.45, 2.75) is 64.2 Å². The van der Waals surface area contributed by atoms with Crippen LogP contribution in [0, 0.1) is 0 Å². The third kappa shape index (κ3) is 5.28. The fourth-order valence-electron chi connectivity index (χ4n) is 4.65. The second-order valence-corrected chi connectivity index (χ2v) is 8.19. The number of aromatic nitrogens is 2. The van der Waals surface area contributed by atoms with Crippen LogP contribution in [0.5, 0.6) is 0 Å². The van der Waals surface area contributed by atoms with Crippen LogP contribution in [0.2, 0.25) is 0 Å². The van der Waals surface area contributed by atoms with E-state index in [0.717, 1.165) is 45.6 Å². The number of aliphatic hydroxyl groups is 1. The van der Waals surface area contributed by atoms with Gasteiger partial charge in [0.15, 0.2) is 0 Å². The van der Waals surface area contributed by atoms with Gasteiger partial charge in [-0.05, 0) is 58.7 Å². The van der Waals surface area contributed by atoms with Gasteiger partial charge in [-0.1, -0.05) is 0 Å². The highest BCUT2D eigenvalue weighted by atomic mass is 16.3. The maximum Gasteiger partial charge on any atom is 0.0489 e. The van der Waals surface area contributed by atoms with Gasteiger partial charge in [-0.25, -0.2) is 0 Å². The molecule has 0 bridgehead atoms. The summed E-state index contributed by atoms with van der Waals surface area (Å²) >= 11 is 0. The molecule has 0 radical (unpaired) electrons. The van der Waals surface area contributed by atoms with Crippen LogP contribution in [0.15, 0.2) is 18.5 Å². The van der Waals surface area contributed by atoms with E-state index in [9.17, 15) is 5.11 Å². The van der Waals surface area contributed by atoms with E-state index in [1.165, 1.54) is 25.9 Å². The van der Waals surface area contributed by atoms with E-state index >= 15 is 0 Å². The Morgan fingerprint density at radius 1 is 1.12 bits per heavy atom. The van der Waals surface area contributed by atoms with Crippen LogP contribution >= 0.6 is 0 Å². The summed E-state index contributed by atoms with van der Waals surface area (Å²) in [5.74, 6) is 0. The van der Waals surface area contributed by atoms with Crippen molar-refractivity contribution in [3.8, 4) is 0 Å². The van der Waals surface area contributed by atoms with Gasteiger partial charge in [-0.2, -0.15) is 5.10 Å². The highest BCUT2D eigenvalue weighted by molar-refractivity contribution is 4.90. The largest absolute Gasteiger partial charge is 0.396 e. The molecule has 3 heterocycles. The van der Waals surface area contributed by atoms with E-state index in [-0.39, 0.29) is 0 Å². The normalized spacial score (nSPS) is 24.5. The van der Waals surface area contributed by atoms with Crippen molar-refractivity contribution in [1.29, 1.82) is 0 Å². The Labute approximate surface area is 158 Å². The molecule has 1 aromatic rings. The Morgan fingerprint density at radius 2 is 1.92 bits per heavy atom. The Bertz CT molecular complexity index is 498. The lowest BCUT2D eigenvalue weighted by atomic mass is 9.97. The predicted octanol–water partition coefficient (Wildman–Crippen LogP) is 1.51. The fourth-order valence-corrected chi connectivity index (χ4v) is 4.65. The Balaban J connectivity index is 1.46. The zero-order valence-corrected chi connectivity index (χ0v) is 16.6. The SMILES string of the molecule is CC(C)N1CCC(N2CCN(CCCn3cccn3)C[C@H]2CCO)CC1. The van der Waals surface area contributed by atoms with Gasteiger partial charge in [-0.15, -0.1) is 0 Å². The van der Waals surface area contributed by atoms with Crippen molar-refractivity contribution in [2.75, 3.05) is 45.9 Å². The first-order valence-corrected chi connectivity index (χ1v) is 10.5. The Hall–Kier alpha value is -0.950. The van der Waals surface area contributed by atoms with Gasteiger partial charge in [0.2, 0.25) is 0 Å². The summed E-state index contributed by atoms with van der Waals surface area (Å²) in [4.78, 5) is 7.91. The molecule has 0 amide bonds. The number of likely N-dealkylation sites (tertiary alicyclic amines) is 1. The van der Waals surface area contributed by atoms with E-state index < -0.39 is 0 Å². The van der Waals surface area contributed by atoms with E-state index in [0.29, 0.717) is 24.7 Å². The molecule has 1 N–H and O–H groups in total. The van der Waals surface area contributed by atoms with Gasteiger partial charge >= 0.3 is 0 Å². The lowest BCUT2D eigenvalue weighted by Gasteiger charge is -2.48. The minimum atomic E-state index is 0.299. The smallest absolute Gasteiger partial charge is 0.0489 e. The average molecular weight is 364 g/mol. The summed E-state index contributed by atoms with van der Waals surface area (Å²) in [7, 11) is 0. The molecule has 0 unspecified atom stereocenters. The summed E-state index contributed by atoms with van der Waals surface area (Å²) in [6.07, 6.45) is 8.48. The number of piperazine rings is 1. The van der Waals surface area contributed by atoms with Crippen LogP contribution in [-0.4, -0.2) is 93.6 Å². The van der Waals surface area contributed by atoms with Crippen LogP contribution in [0.25, 0.3) is 0 Å². The maximum absolute atomic E-state index is 9.57. The van der Waals surface area contributed by atoms with Crippen molar-refractivity contribution in [3.05, 3.63) is 18.5 Å². The number of hydrogen-bond donors (Lipinski definition) is 1. The minimum absolute atomic E-state index is 0.299. The van der Waals surface area contributed by atoms with Gasteiger partial charge in [-0.3, -0.25) is 9.58 Å². The second-order valence-electron chi connectivity index (χ2n) is 8.19. The first kappa shape index (κ1) is 19.8. The summed E-state index contributed by atoms with van der Waals surface area (Å²) in [5, 5.41) is 13.9. The number of rotatable bonds is 8. The van der Waals surface area contributed by atoms with Crippen molar-refractivity contribution < 1.29 is 5.11 Å². The monoisotopic (exact) mass is 363 g/mol. The van der Waals surface area contributed by atoms with E-state index in [4.69, 9.17) is 0 Å². The molecule has 6 heteroatoms. The molecule has 2 fully saturated rings. The number of aryl methyl sites for hydroxylation is 1. The zero-order valence-electron chi connectivity index (χ0n) is 16.6. The van der Waals surface area contributed by atoms with E-state index in [1.807, 2.05) is 23.1 Å². The molecule has 0 saturated carbocycles. The van der Waals surface area contributed by atoms with Crippen molar-refractivity contribution in [3.63, 3.8) is 0 Å². The molecule has 26 heavy (non-hydrogen) atoms. The maximum atomic E-state index is 9.57. The molecule has 0 spiro atoms. The summed E-state index contributed by atoms with van der Waals surface area (Å²) < 4.78 is 2.02. The summed E-state index contributed by atoms with van der Waals surface area (Å²) in [6.45, 7) is 12.9. The van der Waals surface area contributed by atoms with E-state index in [2.05, 4.69) is 33.6 Å². The molecule has 6 nitrogen and oxygen atoms in total. The van der Waals surface area contributed by atoms with Gasteiger partial charge in [0, 0.05) is 69.8 Å². The average Bonchev–Trinajstić information content (AvgIpc) is 3.16. The lowest BCUT2D eigenvalue weighted by molar-refractivity contribution is 0.00174. The van der Waals surface area contributed by atoms with Crippen molar-refractivity contribution in [1.82, 2.24) is 24.5 Å². The molecular weight excluding hydrogens is 326 g/mol. The van der Waals surface area contributed by atoms with Gasteiger partial charge in [0.1, 0.15) is 0 Å². The molecule has 2 aliphatic heterocycles. The highest BCUT2D eigenvalue weighted by Crippen LogP contribution is 2.24. The number of piperidine rings is 1. The first-order valence-electron chi connectivity index (χ1n) is 10.5. The zero-order chi connectivity index (χ0) is 18.4. The quantitative estimate of drug-likeness (QED) is 0.759. The van der Waals surface area contributed by atoms with Gasteiger partial charge in [0.05, 0.1) is 0 Å². The Kier molecular flexibility index (Phi) is 7.49. The third-order valence-electron chi connectivity index (χ3n) is 6.19. The molecule has 2 aliphatic rings. The molecule has 0 aromatic carbocycles. The Morgan fingerprint density at radius 3 is 2.58 bits per heavy atom. The second kappa shape index (κ2) is 9.83. The van der Waals surface area contributed by atoms with Crippen LogP contribution < -0.4 is 0 Å². The van der Waals surface area contributed by atoms with Crippen molar-refractivity contribution >= 4 is 0 Å². The minimum Gasteiger partial charge on any atom is -0.396 e. The molecule has 3 rings (SSSR count).